The number of fused-ring (bicyclic) bond motifs is 2. The van der Waals surface area contributed by atoms with E-state index in [1.54, 1.807) is 0 Å². The lowest BCUT2D eigenvalue weighted by Crippen LogP contribution is -2.45. The van der Waals surface area contributed by atoms with E-state index in [1.165, 1.54) is 0 Å². The Balaban J connectivity index is 0.00000240. The molecular formula is C20H23BrIN5O2. The van der Waals surface area contributed by atoms with Gasteiger partial charge in [-0.25, -0.2) is 9.98 Å². The third kappa shape index (κ3) is 5.53. The van der Waals surface area contributed by atoms with E-state index in [4.69, 9.17) is 9.47 Å². The van der Waals surface area contributed by atoms with Gasteiger partial charge in [-0.3, -0.25) is 0 Å². The van der Waals surface area contributed by atoms with Crippen molar-refractivity contribution in [3.05, 3.63) is 59.0 Å². The highest BCUT2D eigenvalue weighted by Crippen LogP contribution is 2.30. The van der Waals surface area contributed by atoms with Crippen LogP contribution in [-0.4, -0.2) is 41.1 Å². The second-order valence-electron chi connectivity index (χ2n) is 6.42. The zero-order valence-corrected chi connectivity index (χ0v) is 19.9. The predicted molar refractivity (Wildman–Crippen MR) is 127 cm³/mol. The van der Waals surface area contributed by atoms with Crippen LogP contribution in [0.4, 0.5) is 0 Å². The average molecular weight is 572 g/mol. The molecule has 7 nitrogen and oxygen atoms in total. The Kier molecular flexibility index (Phi) is 7.59. The molecular weight excluding hydrogens is 549 g/mol. The fraction of sp³-hybridized carbons (Fsp3) is 0.300. The van der Waals surface area contributed by atoms with Crippen molar-refractivity contribution in [3.8, 4) is 11.5 Å². The minimum Gasteiger partial charge on any atom is -0.486 e. The zero-order valence-electron chi connectivity index (χ0n) is 16.0. The number of imidazole rings is 1. The molecule has 1 aliphatic heterocycles. The molecule has 0 fully saturated rings. The van der Waals surface area contributed by atoms with Crippen LogP contribution < -0.4 is 20.1 Å². The summed E-state index contributed by atoms with van der Waals surface area (Å²) in [7, 11) is 0. The highest BCUT2D eigenvalue weighted by Gasteiger charge is 2.20. The normalized spacial score (nSPS) is 15.7. The third-order valence-corrected chi connectivity index (χ3v) is 4.74. The molecule has 2 aromatic heterocycles. The fourth-order valence-corrected chi connectivity index (χ4v) is 3.32. The average Bonchev–Trinajstić information content (AvgIpc) is 3.12. The summed E-state index contributed by atoms with van der Waals surface area (Å²) in [5, 5.41) is 6.58. The van der Waals surface area contributed by atoms with Gasteiger partial charge in [0.2, 0.25) is 0 Å². The van der Waals surface area contributed by atoms with Gasteiger partial charge in [0.15, 0.2) is 17.5 Å². The minimum absolute atomic E-state index is 0. The molecule has 4 rings (SSSR count). The summed E-state index contributed by atoms with van der Waals surface area (Å²) in [6.45, 7) is 4.40. The third-order valence-electron chi connectivity index (χ3n) is 4.27. The molecule has 2 N–H and O–H groups in total. The molecule has 154 valence electrons. The van der Waals surface area contributed by atoms with E-state index in [2.05, 4.69) is 36.5 Å². The topological polar surface area (TPSA) is 72.2 Å². The van der Waals surface area contributed by atoms with Crippen LogP contribution in [0.15, 0.2) is 58.3 Å². The smallest absolute Gasteiger partial charge is 0.191 e. The number of ether oxygens (including phenoxy) is 2. The van der Waals surface area contributed by atoms with Gasteiger partial charge >= 0.3 is 0 Å². The molecule has 3 aromatic rings. The van der Waals surface area contributed by atoms with Gasteiger partial charge in [-0.15, -0.1) is 24.0 Å². The van der Waals surface area contributed by atoms with Crippen molar-refractivity contribution in [3.63, 3.8) is 0 Å². The van der Waals surface area contributed by atoms with Crippen LogP contribution in [0.25, 0.3) is 5.65 Å². The van der Waals surface area contributed by atoms with Crippen molar-refractivity contribution in [2.45, 2.75) is 19.6 Å². The molecule has 0 radical (unpaired) electrons. The number of hydrogen-bond acceptors (Lipinski definition) is 4. The monoisotopic (exact) mass is 571 g/mol. The van der Waals surface area contributed by atoms with E-state index < -0.39 is 0 Å². The van der Waals surface area contributed by atoms with E-state index in [-0.39, 0.29) is 30.1 Å². The summed E-state index contributed by atoms with van der Waals surface area (Å²) in [5.41, 5.74) is 1.80. The second kappa shape index (κ2) is 10.1. The molecule has 1 aromatic carbocycles. The molecule has 0 saturated carbocycles. The Labute approximate surface area is 195 Å². The van der Waals surface area contributed by atoms with Crippen LogP contribution in [-0.2, 0) is 6.54 Å². The number of nitrogens with one attached hydrogen (secondary N) is 2. The SMILES string of the molecule is CCNC(=NCc1cn2cc(Br)ccc2n1)NCC1COc2ccccc2O1.I. The molecule has 0 aliphatic carbocycles. The van der Waals surface area contributed by atoms with Crippen molar-refractivity contribution in [2.75, 3.05) is 19.7 Å². The Morgan fingerprint density at radius 2 is 2.03 bits per heavy atom. The van der Waals surface area contributed by atoms with Crippen LogP contribution in [0.2, 0.25) is 0 Å². The van der Waals surface area contributed by atoms with E-state index >= 15 is 0 Å². The number of aliphatic imine (C=N–C) groups is 1. The predicted octanol–water partition coefficient (Wildman–Crippen LogP) is 3.61. The van der Waals surface area contributed by atoms with Gasteiger partial charge in [0, 0.05) is 23.4 Å². The summed E-state index contributed by atoms with van der Waals surface area (Å²) in [6.07, 6.45) is 3.89. The molecule has 0 spiro atoms. The Hall–Kier alpha value is -2.01. The molecule has 0 saturated heterocycles. The highest BCUT2D eigenvalue weighted by atomic mass is 127. The van der Waals surface area contributed by atoms with Crippen molar-refractivity contribution < 1.29 is 9.47 Å². The van der Waals surface area contributed by atoms with E-state index in [0.717, 1.165) is 39.8 Å². The summed E-state index contributed by atoms with van der Waals surface area (Å²) < 4.78 is 14.7. The second-order valence-corrected chi connectivity index (χ2v) is 7.33. The summed E-state index contributed by atoms with van der Waals surface area (Å²) >= 11 is 3.47. The van der Waals surface area contributed by atoms with Crippen molar-refractivity contribution in [2.24, 2.45) is 4.99 Å². The fourth-order valence-electron chi connectivity index (χ4n) is 2.97. The van der Waals surface area contributed by atoms with E-state index in [9.17, 15) is 0 Å². The molecule has 0 amide bonds. The van der Waals surface area contributed by atoms with Crippen LogP contribution >= 0.6 is 39.9 Å². The molecule has 0 bridgehead atoms. The molecule has 1 aliphatic rings. The largest absolute Gasteiger partial charge is 0.486 e. The number of para-hydroxylation sites is 2. The van der Waals surface area contributed by atoms with Gasteiger partial charge in [0.05, 0.1) is 18.8 Å². The number of nitrogens with zero attached hydrogens (tertiary/aromatic N) is 3. The summed E-state index contributed by atoms with van der Waals surface area (Å²) in [4.78, 5) is 9.24. The maximum atomic E-state index is 5.98. The van der Waals surface area contributed by atoms with Gasteiger partial charge in [-0.2, -0.15) is 0 Å². The molecule has 1 atom stereocenters. The molecule has 3 heterocycles. The zero-order chi connectivity index (χ0) is 19.3. The van der Waals surface area contributed by atoms with Crippen LogP contribution in [0.5, 0.6) is 11.5 Å². The van der Waals surface area contributed by atoms with Crippen LogP contribution in [0.1, 0.15) is 12.6 Å². The Morgan fingerprint density at radius 3 is 2.86 bits per heavy atom. The maximum Gasteiger partial charge on any atom is 0.191 e. The number of pyridine rings is 1. The lowest BCUT2D eigenvalue weighted by Gasteiger charge is -2.27. The number of hydrogen-bond donors (Lipinski definition) is 2. The van der Waals surface area contributed by atoms with Gasteiger partial charge in [0.25, 0.3) is 0 Å². The number of benzene rings is 1. The van der Waals surface area contributed by atoms with E-state index in [1.807, 2.05) is 60.1 Å². The summed E-state index contributed by atoms with van der Waals surface area (Å²) in [6, 6.07) is 11.7. The number of rotatable bonds is 5. The van der Waals surface area contributed by atoms with Crippen molar-refractivity contribution in [1.82, 2.24) is 20.0 Å². The minimum atomic E-state index is -0.0775. The van der Waals surface area contributed by atoms with Gasteiger partial charge < -0.3 is 24.5 Å². The number of aromatic nitrogens is 2. The standard InChI is InChI=1S/C20H22BrN5O2.HI/c1-2-22-20(23-9-15-12-26-11-14(21)7-8-19(26)25-15)24-10-16-13-27-17-5-3-4-6-18(17)28-16;/h3-8,11-12,16H,2,9-10,13H2,1H3,(H2,22,23,24);1H. The molecule has 1 unspecified atom stereocenters. The Morgan fingerprint density at radius 1 is 1.21 bits per heavy atom. The first kappa shape index (κ1) is 21.7. The quantitative estimate of drug-likeness (QED) is 0.278. The van der Waals surface area contributed by atoms with E-state index in [0.29, 0.717) is 19.7 Å². The van der Waals surface area contributed by atoms with Gasteiger partial charge in [0.1, 0.15) is 18.4 Å². The lowest BCUT2D eigenvalue weighted by molar-refractivity contribution is 0.0936. The maximum absolute atomic E-state index is 5.98. The molecule has 29 heavy (non-hydrogen) atoms. The lowest BCUT2D eigenvalue weighted by atomic mass is 10.2. The van der Waals surface area contributed by atoms with Crippen LogP contribution in [0.3, 0.4) is 0 Å². The Bertz CT molecular complexity index is 994. The number of guanidine groups is 1. The van der Waals surface area contributed by atoms with Crippen LogP contribution in [0, 0.1) is 0 Å². The summed E-state index contributed by atoms with van der Waals surface area (Å²) in [5.74, 6) is 2.29. The first-order valence-electron chi connectivity index (χ1n) is 9.25. The first-order valence-corrected chi connectivity index (χ1v) is 10.0. The van der Waals surface area contributed by atoms with Crippen molar-refractivity contribution in [1.29, 1.82) is 0 Å². The van der Waals surface area contributed by atoms with Crippen molar-refractivity contribution >= 4 is 51.5 Å². The first-order chi connectivity index (χ1) is 13.7. The molecule has 9 heteroatoms. The van der Waals surface area contributed by atoms with Gasteiger partial charge in [-0.05, 0) is 47.1 Å². The van der Waals surface area contributed by atoms with Gasteiger partial charge in [-0.1, -0.05) is 12.1 Å². The highest BCUT2D eigenvalue weighted by molar-refractivity contribution is 14.0. The number of halogens is 2.